The molecule has 6 nitrogen and oxygen atoms in total. The summed E-state index contributed by atoms with van der Waals surface area (Å²) in [5, 5.41) is 15.6. The van der Waals surface area contributed by atoms with E-state index in [2.05, 4.69) is 46.8 Å². The van der Waals surface area contributed by atoms with Crippen molar-refractivity contribution in [3.8, 4) is 5.69 Å². The third-order valence-electron chi connectivity index (χ3n) is 4.74. The zero-order valence-corrected chi connectivity index (χ0v) is 17.5. The third kappa shape index (κ3) is 4.59. The zero-order valence-electron chi connectivity index (χ0n) is 16.6. The molecule has 2 aromatic carbocycles. The standard InChI is InChI=1S/C21H25N5OS/c1-5-15(3)17-8-6-7-9-18(17)22-20(27)13-28-21-23-24-25-26(21)19-12-14(2)10-11-16(19)4/h6-12,15H,5,13H2,1-4H3,(H,22,27)/t15-/m1/s1. The van der Waals surface area contributed by atoms with Gasteiger partial charge in [0.05, 0.1) is 11.4 Å². The highest BCUT2D eigenvalue weighted by Gasteiger charge is 2.15. The van der Waals surface area contributed by atoms with E-state index in [4.69, 9.17) is 0 Å². The number of hydrogen-bond donors (Lipinski definition) is 1. The van der Waals surface area contributed by atoms with Crippen LogP contribution in [0.25, 0.3) is 5.69 Å². The van der Waals surface area contributed by atoms with Crippen molar-refractivity contribution in [2.24, 2.45) is 0 Å². The quantitative estimate of drug-likeness (QED) is 0.595. The van der Waals surface area contributed by atoms with Gasteiger partial charge in [0.15, 0.2) is 0 Å². The fourth-order valence-electron chi connectivity index (χ4n) is 2.94. The zero-order chi connectivity index (χ0) is 20.1. The van der Waals surface area contributed by atoms with Crippen LogP contribution >= 0.6 is 11.8 Å². The Morgan fingerprint density at radius 3 is 2.79 bits per heavy atom. The van der Waals surface area contributed by atoms with Crippen molar-refractivity contribution in [3.05, 3.63) is 59.2 Å². The van der Waals surface area contributed by atoms with Gasteiger partial charge in [-0.25, -0.2) is 0 Å². The molecule has 0 aliphatic heterocycles. The summed E-state index contributed by atoms with van der Waals surface area (Å²) in [6.07, 6.45) is 1.02. The maximum atomic E-state index is 12.5. The summed E-state index contributed by atoms with van der Waals surface area (Å²) >= 11 is 1.33. The Bertz CT molecular complexity index is 969. The number of thioether (sulfide) groups is 1. The van der Waals surface area contributed by atoms with E-state index in [9.17, 15) is 4.79 Å². The van der Waals surface area contributed by atoms with Gasteiger partial charge < -0.3 is 5.32 Å². The van der Waals surface area contributed by atoms with Crippen molar-refractivity contribution >= 4 is 23.4 Å². The lowest BCUT2D eigenvalue weighted by Gasteiger charge is -2.15. The maximum absolute atomic E-state index is 12.5. The van der Waals surface area contributed by atoms with Crippen LogP contribution in [0.15, 0.2) is 47.6 Å². The number of nitrogens with zero attached hydrogens (tertiary/aromatic N) is 4. The van der Waals surface area contributed by atoms with Gasteiger partial charge in [-0.1, -0.05) is 55.9 Å². The summed E-state index contributed by atoms with van der Waals surface area (Å²) in [4.78, 5) is 12.5. The highest BCUT2D eigenvalue weighted by molar-refractivity contribution is 7.99. The molecule has 0 spiro atoms. The van der Waals surface area contributed by atoms with Gasteiger partial charge in [0.25, 0.3) is 0 Å². The molecule has 3 aromatic rings. The minimum absolute atomic E-state index is 0.0729. The molecule has 1 aromatic heterocycles. The number of rotatable bonds is 7. The average Bonchev–Trinajstić information content (AvgIpc) is 3.16. The number of carbonyl (C=O) groups excluding carboxylic acids is 1. The van der Waals surface area contributed by atoms with E-state index in [1.165, 1.54) is 11.8 Å². The molecule has 7 heteroatoms. The first-order valence-corrected chi connectivity index (χ1v) is 10.4. The smallest absolute Gasteiger partial charge is 0.234 e. The summed E-state index contributed by atoms with van der Waals surface area (Å²) in [5.74, 6) is 0.553. The van der Waals surface area contributed by atoms with E-state index in [0.717, 1.165) is 34.5 Å². The first kappa shape index (κ1) is 20.1. The number of nitrogens with one attached hydrogen (secondary N) is 1. The van der Waals surface area contributed by atoms with E-state index in [-0.39, 0.29) is 11.7 Å². The number of carbonyl (C=O) groups is 1. The summed E-state index contributed by atoms with van der Waals surface area (Å²) in [7, 11) is 0. The molecule has 3 rings (SSSR count). The fraction of sp³-hybridized carbons (Fsp3) is 0.333. The van der Waals surface area contributed by atoms with Crippen molar-refractivity contribution < 1.29 is 4.79 Å². The number of benzene rings is 2. The Labute approximate surface area is 169 Å². The molecule has 1 amide bonds. The van der Waals surface area contributed by atoms with Crippen molar-refractivity contribution in [3.63, 3.8) is 0 Å². The first-order valence-electron chi connectivity index (χ1n) is 9.37. The molecule has 28 heavy (non-hydrogen) atoms. The van der Waals surface area contributed by atoms with Gasteiger partial charge in [-0.3, -0.25) is 4.79 Å². The second-order valence-corrected chi connectivity index (χ2v) is 7.84. The molecule has 0 aliphatic rings. The maximum Gasteiger partial charge on any atom is 0.234 e. The minimum Gasteiger partial charge on any atom is -0.325 e. The lowest BCUT2D eigenvalue weighted by atomic mass is 9.97. The van der Waals surface area contributed by atoms with Crippen molar-refractivity contribution in [2.75, 3.05) is 11.1 Å². The molecule has 1 atom stereocenters. The molecule has 0 unspecified atom stereocenters. The number of amides is 1. The van der Waals surface area contributed by atoms with Crippen LogP contribution in [0.2, 0.25) is 0 Å². The highest BCUT2D eigenvalue weighted by Crippen LogP contribution is 2.27. The van der Waals surface area contributed by atoms with Crippen molar-refractivity contribution in [1.82, 2.24) is 20.2 Å². The SMILES string of the molecule is CC[C@@H](C)c1ccccc1NC(=O)CSc1nnnn1-c1cc(C)ccc1C. The van der Waals surface area contributed by atoms with Gasteiger partial charge in [-0.2, -0.15) is 4.68 Å². The molecule has 0 saturated heterocycles. The molecule has 0 radical (unpaired) electrons. The number of anilines is 1. The monoisotopic (exact) mass is 395 g/mol. The number of aromatic nitrogens is 4. The van der Waals surface area contributed by atoms with Crippen LogP contribution in [-0.2, 0) is 4.79 Å². The molecule has 0 bridgehead atoms. The number of hydrogen-bond acceptors (Lipinski definition) is 5. The lowest BCUT2D eigenvalue weighted by Crippen LogP contribution is -2.16. The largest absolute Gasteiger partial charge is 0.325 e. The van der Waals surface area contributed by atoms with Crippen LogP contribution in [0.3, 0.4) is 0 Å². The predicted molar refractivity (Wildman–Crippen MR) is 113 cm³/mol. The number of tetrazole rings is 1. The topological polar surface area (TPSA) is 72.7 Å². The summed E-state index contributed by atoms with van der Waals surface area (Å²) < 4.78 is 1.69. The van der Waals surface area contributed by atoms with Gasteiger partial charge >= 0.3 is 0 Å². The van der Waals surface area contributed by atoms with E-state index in [1.807, 2.05) is 44.2 Å². The van der Waals surface area contributed by atoms with Crippen LogP contribution in [0, 0.1) is 13.8 Å². The van der Waals surface area contributed by atoms with Gasteiger partial charge in [0.2, 0.25) is 11.1 Å². The van der Waals surface area contributed by atoms with Crippen LogP contribution in [0.4, 0.5) is 5.69 Å². The second kappa shape index (κ2) is 9.01. The Morgan fingerprint density at radius 2 is 2.00 bits per heavy atom. The summed E-state index contributed by atoms with van der Waals surface area (Å²) in [5.41, 5.74) is 5.16. The van der Waals surface area contributed by atoms with Gasteiger partial charge in [-0.15, -0.1) is 5.10 Å². The molecular formula is C21H25N5OS. The molecule has 146 valence electrons. The van der Waals surface area contributed by atoms with E-state index >= 15 is 0 Å². The minimum atomic E-state index is -0.0729. The van der Waals surface area contributed by atoms with Gasteiger partial charge in [0, 0.05) is 5.69 Å². The van der Waals surface area contributed by atoms with E-state index < -0.39 is 0 Å². The predicted octanol–water partition coefficient (Wildman–Crippen LogP) is 4.52. The molecule has 1 N–H and O–H groups in total. The average molecular weight is 396 g/mol. The van der Waals surface area contributed by atoms with E-state index in [0.29, 0.717) is 11.1 Å². The number of para-hydroxylation sites is 1. The lowest BCUT2D eigenvalue weighted by molar-refractivity contribution is -0.113. The van der Waals surface area contributed by atoms with Crippen molar-refractivity contribution in [2.45, 2.75) is 45.2 Å². The Hall–Kier alpha value is -2.67. The molecular weight excluding hydrogens is 370 g/mol. The fourth-order valence-corrected chi connectivity index (χ4v) is 3.63. The van der Waals surface area contributed by atoms with Crippen LogP contribution in [0.1, 0.15) is 42.9 Å². The Balaban J connectivity index is 1.70. The molecule has 0 saturated carbocycles. The Kier molecular flexibility index (Phi) is 6.46. The molecule has 0 aliphatic carbocycles. The molecule has 0 fully saturated rings. The normalized spacial score (nSPS) is 12.0. The Morgan fingerprint density at radius 1 is 1.21 bits per heavy atom. The van der Waals surface area contributed by atoms with Crippen LogP contribution < -0.4 is 5.32 Å². The summed E-state index contributed by atoms with van der Waals surface area (Å²) in [6.45, 7) is 8.36. The summed E-state index contributed by atoms with van der Waals surface area (Å²) in [6, 6.07) is 14.1. The highest BCUT2D eigenvalue weighted by atomic mass is 32.2. The number of aryl methyl sites for hydroxylation is 2. The van der Waals surface area contributed by atoms with Crippen LogP contribution in [-0.4, -0.2) is 31.9 Å². The van der Waals surface area contributed by atoms with Crippen molar-refractivity contribution in [1.29, 1.82) is 0 Å². The first-order chi connectivity index (χ1) is 13.5. The van der Waals surface area contributed by atoms with E-state index in [1.54, 1.807) is 4.68 Å². The van der Waals surface area contributed by atoms with Gasteiger partial charge in [-0.05, 0) is 65.4 Å². The van der Waals surface area contributed by atoms with Crippen LogP contribution in [0.5, 0.6) is 0 Å². The second-order valence-electron chi connectivity index (χ2n) is 6.90. The third-order valence-corrected chi connectivity index (χ3v) is 5.66. The van der Waals surface area contributed by atoms with Gasteiger partial charge in [0.1, 0.15) is 0 Å². The molecule has 1 heterocycles.